The van der Waals surface area contributed by atoms with E-state index in [0.717, 1.165) is 79.3 Å². The molecule has 0 aliphatic heterocycles. The average molecular weight is 1850 g/mol. The summed E-state index contributed by atoms with van der Waals surface area (Å²) in [6.45, 7) is 11.3. The second-order valence-corrected chi connectivity index (χ2v) is 38.9. The molecule has 0 spiro atoms. The minimum absolute atomic E-state index is 0.0974. The molecule has 143 heavy (non-hydrogen) atoms. The second-order valence-electron chi connectivity index (χ2n) is 37.8. The third kappa shape index (κ3) is 15.0. The molecule has 4 aromatic heterocycles. The lowest BCUT2D eigenvalue weighted by Crippen LogP contribution is -2.16. The molecule has 0 saturated heterocycles. The summed E-state index contributed by atoms with van der Waals surface area (Å²) < 4.78 is 9.80. The minimum atomic E-state index is -0.0974. The summed E-state index contributed by atoms with van der Waals surface area (Å²) in [5, 5.41) is 24.3. The Morgan fingerprint density at radius 2 is 0.615 bits per heavy atom. The number of aromatic nitrogens is 3. The van der Waals surface area contributed by atoms with Crippen LogP contribution in [-0.2, 0) is 5.41 Å². The molecule has 0 saturated carbocycles. The van der Waals surface area contributed by atoms with Gasteiger partial charge in [-0.3, -0.25) is 0 Å². The van der Waals surface area contributed by atoms with Crippen LogP contribution in [0.4, 0.5) is 51.2 Å². The minimum Gasteiger partial charge on any atom is -0.310 e. The molecule has 27 rings (SSSR count). The van der Waals surface area contributed by atoms with E-state index in [4.69, 9.17) is 0 Å². The van der Waals surface area contributed by atoms with Gasteiger partial charge in [0.1, 0.15) is 0 Å². The number of aryl methyl sites for hydroxylation is 3. The van der Waals surface area contributed by atoms with Crippen molar-refractivity contribution in [1.82, 2.24) is 13.7 Å². The second kappa shape index (κ2) is 36.0. The Labute approximate surface area is 835 Å². The van der Waals surface area contributed by atoms with E-state index in [1.54, 1.807) is 0 Å². The molecule has 26 aromatic rings. The van der Waals surface area contributed by atoms with Gasteiger partial charge in [-0.1, -0.05) is 323 Å². The van der Waals surface area contributed by atoms with Crippen molar-refractivity contribution in [2.75, 3.05) is 14.7 Å². The number of fused-ring (bicyclic) bond motifs is 17. The van der Waals surface area contributed by atoms with Crippen LogP contribution in [0.1, 0.15) is 47.2 Å². The lowest BCUT2D eigenvalue weighted by atomic mass is 9.82. The van der Waals surface area contributed by atoms with Gasteiger partial charge >= 0.3 is 0 Å². The number of hydrogen-bond donors (Lipinski definition) is 0. The van der Waals surface area contributed by atoms with E-state index in [9.17, 15) is 5.26 Å². The van der Waals surface area contributed by atoms with E-state index < -0.39 is 0 Å². The maximum absolute atomic E-state index is 9.35. The summed E-state index contributed by atoms with van der Waals surface area (Å²) in [6, 6.07) is 182. The molecule has 7 nitrogen and oxygen atoms in total. The number of anilines is 9. The highest BCUT2D eigenvalue weighted by molar-refractivity contribution is 7.25. The van der Waals surface area contributed by atoms with E-state index in [0.29, 0.717) is 5.56 Å². The summed E-state index contributed by atoms with van der Waals surface area (Å²) in [7, 11) is 0. The van der Waals surface area contributed by atoms with Gasteiger partial charge in [0.2, 0.25) is 0 Å². The van der Waals surface area contributed by atoms with Gasteiger partial charge in [-0.05, 0) is 303 Å². The van der Waals surface area contributed by atoms with Crippen LogP contribution in [-0.4, -0.2) is 13.7 Å². The van der Waals surface area contributed by atoms with Gasteiger partial charge in [0.25, 0.3) is 0 Å². The largest absolute Gasteiger partial charge is 0.310 e. The molecule has 0 fully saturated rings. The number of para-hydroxylation sites is 6. The summed E-state index contributed by atoms with van der Waals surface area (Å²) >= 11 is 1.86. The van der Waals surface area contributed by atoms with Crippen LogP contribution in [0.3, 0.4) is 0 Å². The van der Waals surface area contributed by atoms with E-state index in [-0.39, 0.29) is 5.41 Å². The summed E-state index contributed by atoms with van der Waals surface area (Å²) in [6.07, 6.45) is 0. The van der Waals surface area contributed by atoms with Gasteiger partial charge in [0.05, 0.1) is 61.8 Å². The molecule has 0 radical (unpaired) electrons. The third-order valence-corrected chi connectivity index (χ3v) is 30.3. The smallest absolute Gasteiger partial charge is 0.0991 e. The van der Waals surface area contributed by atoms with Gasteiger partial charge in [-0.2, -0.15) is 5.26 Å². The highest BCUT2D eigenvalue weighted by atomic mass is 32.1. The number of thiophene rings is 1. The fraction of sp³-hybridized carbons (Fsp3) is 0.0444. The third-order valence-electron chi connectivity index (χ3n) is 29.1. The Morgan fingerprint density at radius 3 is 1.12 bits per heavy atom. The zero-order chi connectivity index (χ0) is 95.9. The average Bonchev–Trinajstić information content (AvgIpc) is 1.58. The topological polar surface area (TPSA) is 48.3 Å². The number of rotatable bonds is 15. The first-order valence-electron chi connectivity index (χ1n) is 49.1. The molecule has 0 N–H and O–H groups in total. The van der Waals surface area contributed by atoms with Gasteiger partial charge in [0.15, 0.2) is 0 Å². The lowest BCUT2D eigenvalue weighted by Gasteiger charge is -2.28. The Morgan fingerprint density at radius 1 is 0.238 bits per heavy atom. The molecule has 0 unspecified atom stereocenters. The summed E-state index contributed by atoms with van der Waals surface area (Å²) in [4.78, 5) is 7.23. The lowest BCUT2D eigenvalue weighted by molar-refractivity contribution is 0.660. The van der Waals surface area contributed by atoms with Crippen LogP contribution < -0.4 is 14.7 Å². The molecular weight excluding hydrogens is 1750 g/mol. The first-order valence-corrected chi connectivity index (χ1v) is 49.9. The molecule has 4 heterocycles. The van der Waals surface area contributed by atoms with Crippen LogP contribution in [0.25, 0.3) is 169 Å². The van der Waals surface area contributed by atoms with Crippen LogP contribution in [0.5, 0.6) is 0 Å². The van der Waals surface area contributed by atoms with E-state index in [2.05, 4.69) is 542 Å². The van der Waals surface area contributed by atoms with Crippen molar-refractivity contribution in [3.8, 4) is 67.6 Å². The molecule has 678 valence electrons. The van der Waals surface area contributed by atoms with Crippen molar-refractivity contribution in [1.29, 1.82) is 5.26 Å². The van der Waals surface area contributed by atoms with Crippen molar-refractivity contribution < 1.29 is 0 Å². The van der Waals surface area contributed by atoms with Crippen LogP contribution in [0.2, 0.25) is 0 Å². The predicted molar refractivity (Wildman–Crippen MR) is 607 cm³/mol. The Kier molecular flexibility index (Phi) is 21.8. The number of nitrogens with zero attached hydrogens (tertiary/aromatic N) is 7. The van der Waals surface area contributed by atoms with Crippen molar-refractivity contribution >= 4 is 170 Å². The van der Waals surface area contributed by atoms with Crippen LogP contribution in [0, 0.1) is 32.1 Å². The van der Waals surface area contributed by atoms with Gasteiger partial charge in [-0.25, -0.2) is 0 Å². The van der Waals surface area contributed by atoms with Gasteiger partial charge in [0, 0.05) is 109 Å². The monoisotopic (exact) mass is 1850 g/mol. The van der Waals surface area contributed by atoms with Crippen molar-refractivity contribution in [3.63, 3.8) is 0 Å². The molecule has 22 aromatic carbocycles. The maximum atomic E-state index is 9.35. The Bertz CT molecular complexity index is 9510. The molecule has 1 aliphatic carbocycles. The fourth-order valence-corrected chi connectivity index (χ4v) is 23.7. The normalized spacial score (nSPS) is 12.0. The molecule has 8 heteroatoms. The van der Waals surface area contributed by atoms with Crippen molar-refractivity contribution in [2.45, 2.75) is 40.0 Å². The van der Waals surface area contributed by atoms with Crippen LogP contribution >= 0.6 is 11.3 Å². The zero-order valence-corrected chi connectivity index (χ0v) is 80.7. The standard InChI is InChI=1S/C50H38N2.C47H32N2S.C38H27N3/c1-33-27-28-34-15-7-8-20-39(34)48(33)35-16-13-19-37(31-35)52-45-24-12-10-22-42(45)49-46(25-14-26-47(49)52)51(36-17-5-4-6-18-36)38-29-30-41-40-21-9-11-23-43(40)50(2,3)44(41)32-38;1-31-25-26-32-13-5-6-18-37(32)46(31)33-14-11-17-35(29-33)49-41-21-9-7-20-39(41)47-42(22-12-23-43(47)49)48(34-15-3-2-4-16-34)36-27-28-45-40(30-36)38-19-8-10-24-44(38)50-45;1-27-10-5-6-13-33(27)29-20-24-31(25-21-29)40(30-11-3-2-4-12-30)36-16-9-17-37-38(36)34-14-7-8-15-35(34)41(37)32-22-18-28(26-39)19-23-32/h4-32H,1-3H3;2-30H,1H3;2-25H,1H3. The predicted octanol–water partition coefficient (Wildman–Crippen LogP) is 37.5. The van der Waals surface area contributed by atoms with Crippen molar-refractivity contribution in [3.05, 3.63) is 531 Å². The number of nitriles is 1. The highest BCUT2D eigenvalue weighted by Crippen LogP contribution is 2.54. The fourth-order valence-electron chi connectivity index (χ4n) is 22.6. The number of hydrogen-bond acceptors (Lipinski definition) is 5. The molecule has 0 atom stereocenters. The molecule has 0 amide bonds. The highest BCUT2D eigenvalue weighted by Gasteiger charge is 2.37. The van der Waals surface area contributed by atoms with E-state index in [1.165, 1.54) is 168 Å². The van der Waals surface area contributed by atoms with Gasteiger partial charge < -0.3 is 28.4 Å². The van der Waals surface area contributed by atoms with Gasteiger partial charge in [-0.15, -0.1) is 11.3 Å². The Hall–Kier alpha value is -18.1. The maximum Gasteiger partial charge on any atom is 0.0991 e. The zero-order valence-electron chi connectivity index (χ0n) is 79.9. The Balaban J connectivity index is 0.000000113. The first-order chi connectivity index (χ1) is 70.4. The summed E-state index contributed by atoms with van der Waals surface area (Å²) in [5.74, 6) is 0. The quantitative estimate of drug-likeness (QED) is 0.103. The SMILES string of the molecule is Cc1ccc2ccccc2c1-c1cccc(-n2c3ccccc3c3c(N(c4ccccc4)c4ccc5c(c4)C(C)(C)c4ccccc4-5)cccc32)c1.Cc1ccc2ccccc2c1-c1cccc(-n2c3ccccc3c3c(N(c4ccccc4)c4ccc5sc6ccccc6c5c4)cccc32)c1.Cc1ccccc1-c1ccc(N(c2ccccc2)c2cccc3c2c2ccccc2n3-c2ccc(C#N)cc2)cc1. The molecule has 0 bridgehead atoms. The van der Waals surface area contributed by atoms with E-state index >= 15 is 0 Å². The summed E-state index contributed by atoms with van der Waals surface area (Å²) in [5.41, 5.74) is 37.8. The first kappa shape index (κ1) is 86.5. The van der Waals surface area contributed by atoms with Crippen LogP contribution in [0.15, 0.2) is 497 Å². The molecule has 1 aliphatic rings. The number of benzene rings is 22. The van der Waals surface area contributed by atoms with E-state index in [1.807, 2.05) is 35.6 Å². The molecular formula is C135H97N7S. The van der Waals surface area contributed by atoms with Crippen molar-refractivity contribution in [2.24, 2.45) is 0 Å².